The molecule has 62 valence electrons. The molecule has 0 aliphatic heterocycles. The van der Waals surface area contributed by atoms with Crippen LogP contribution in [0.4, 0.5) is 0 Å². The van der Waals surface area contributed by atoms with Gasteiger partial charge >= 0.3 is 8.25 Å². The van der Waals surface area contributed by atoms with Gasteiger partial charge in [-0.15, -0.1) is 0 Å². The summed E-state index contributed by atoms with van der Waals surface area (Å²) in [5, 5.41) is 0. The molecule has 0 amide bonds. The highest BCUT2D eigenvalue weighted by molar-refractivity contribution is 7.33. The molecule has 0 aromatic heterocycles. The van der Waals surface area contributed by atoms with Crippen LogP contribution in [-0.2, 0) is 13.6 Å². The first-order valence-electron chi connectivity index (χ1n) is 3.02. The van der Waals surface area contributed by atoms with Crippen molar-refractivity contribution in [3.63, 3.8) is 0 Å². The number of nitrogens with zero attached hydrogens (tertiary/aromatic N) is 1. The van der Waals surface area contributed by atoms with E-state index in [0.717, 1.165) is 6.54 Å². The van der Waals surface area contributed by atoms with Crippen LogP contribution in [-0.4, -0.2) is 39.3 Å². The Morgan fingerprint density at radius 2 is 2.10 bits per heavy atom. The van der Waals surface area contributed by atoms with Gasteiger partial charge in [0.1, 0.15) is 0 Å². The molecule has 1 atom stereocenters. The van der Waals surface area contributed by atoms with E-state index in [-0.39, 0.29) is 0 Å². The Bertz CT molecular complexity index is 107. The lowest BCUT2D eigenvalue weighted by Crippen LogP contribution is -2.16. The second kappa shape index (κ2) is 5.86. The van der Waals surface area contributed by atoms with Crippen LogP contribution in [0.25, 0.3) is 0 Å². The molecule has 5 heteroatoms. The molecule has 10 heavy (non-hydrogen) atoms. The van der Waals surface area contributed by atoms with Crippen LogP contribution < -0.4 is 0 Å². The van der Waals surface area contributed by atoms with Crippen molar-refractivity contribution in [3.05, 3.63) is 0 Å². The Morgan fingerprint density at radius 3 is 2.50 bits per heavy atom. The van der Waals surface area contributed by atoms with Crippen molar-refractivity contribution in [2.75, 3.05) is 34.4 Å². The zero-order valence-electron chi connectivity index (χ0n) is 6.59. The Hall–Kier alpha value is 0.110. The van der Waals surface area contributed by atoms with E-state index in [1.807, 2.05) is 19.0 Å². The van der Waals surface area contributed by atoms with E-state index in [9.17, 15) is 4.57 Å². The second-order valence-electron chi connectivity index (χ2n) is 2.11. The summed E-state index contributed by atoms with van der Waals surface area (Å²) in [6.07, 6.45) is 0. The molecule has 0 bridgehead atoms. The fraction of sp³-hybridized carbons (Fsp3) is 1.00. The van der Waals surface area contributed by atoms with Gasteiger partial charge in [0.05, 0.1) is 6.61 Å². The molecule has 0 fully saturated rings. The van der Waals surface area contributed by atoms with E-state index in [1.54, 1.807) is 0 Å². The van der Waals surface area contributed by atoms with Gasteiger partial charge in [-0.1, -0.05) is 0 Å². The van der Waals surface area contributed by atoms with E-state index in [1.165, 1.54) is 7.11 Å². The first-order valence-corrected chi connectivity index (χ1v) is 4.24. The Morgan fingerprint density at radius 1 is 1.50 bits per heavy atom. The van der Waals surface area contributed by atoms with Gasteiger partial charge in [-0.2, -0.15) is 0 Å². The van der Waals surface area contributed by atoms with Crippen molar-refractivity contribution >= 4 is 8.25 Å². The zero-order valence-corrected chi connectivity index (χ0v) is 7.59. The predicted octanol–water partition coefficient (Wildman–Crippen LogP) is 0.601. The first-order chi connectivity index (χ1) is 4.66. The minimum absolute atomic E-state index is 0.457. The van der Waals surface area contributed by atoms with Crippen molar-refractivity contribution in [2.45, 2.75) is 0 Å². The lowest BCUT2D eigenvalue weighted by Gasteiger charge is -2.08. The quantitative estimate of drug-likeness (QED) is 0.562. The van der Waals surface area contributed by atoms with Gasteiger partial charge in [-0.3, -0.25) is 4.57 Å². The standard InChI is InChI=1S/C5H14NO3P/c1-6(2)4-5-9-10(7)8-3/h10H,4-5H2,1-3H3. The van der Waals surface area contributed by atoms with Crippen molar-refractivity contribution in [3.8, 4) is 0 Å². The van der Waals surface area contributed by atoms with Crippen LogP contribution in [0.2, 0.25) is 0 Å². The number of likely N-dealkylation sites (N-methyl/N-ethyl adjacent to an activating group) is 1. The molecule has 0 aliphatic rings. The topological polar surface area (TPSA) is 38.8 Å². The third kappa shape index (κ3) is 6.23. The third-order valence-corrected chi connectivity index (χ3v) is 1.70. The molecule has 0 aromatic rings. The SMILES string of the molecule is CO[PH](=O)OCCN(C)C. The van der Waals surface area contributed by atoms with Gasteiger partial charge in [0.25, 0.3) is 0 Å². The van der Waals surface area contributed by atoms with Crippen LogP contribution in [0.5, 0.6) is 0 Å². The van der Waals surface area contributed by atoms with E-state index in [4.69, 9.17) is 4.52 Å². The molecule has 0 saturated carbocycles. The summed E-state index contributed by atoms with van der Waals surface area (Å²) >= 11 is 0. The second-order valence-corrected chi connectivity index (χ2v) is 3.30. The Kier molecular flexibility index (Phi) is 5.93. The van der Waals surface area contributed by atoms with E-state index >= 15 is 0 Å². The lowest BCUT2D eigenvalue weighted by molar-refractivity contribution is 0.228. The van der Waals surface area contributed by atoms with Gasteiger partial charge in [-0.05, 0) is 14.1 Å². The van der Waals surface area contributed by atoms with Gasteiger partial charge in [-0.25, -0.2) is 0 Å². The fourth-order valence-electron chi connectivity index (χ4n) is 0.370. The summed E-state index contributed by atoms with van der Waals surface area (Å²) in [7, 11) is 3.02. The molecule has 0 N–H and O–H groups in total. The van der Waals surface area contributed by atoms with Crippen molar-refractivity contribution in [2.24, 2.45) is 0 Å². The summed E-state index contributed by atoms with van der Waals surface area (Å²) in [4.78, 5) is 1.95. The zero-order chi connectivity index (χ0) is 7.98. The predicted molar refractivity (Wildman–Crippen MR) is 40.5 cm³/mol. The normalized spacial score (nSPS) is 14.0. The van der Waals surface area contributed by atoms with Crippen molar-refractivity contribution in [1.82, 2.24) is 4.90 Å². The maximum Gasteiger partial charge on any atom is 0.318 e. The average molecular weight is 167 g/mol. The molecule has 0 spiro atoms. The Balaban J connectivity index is 3.12. The van der Waals surface area contributed by atoms with Gasteiger partial charge in [0, 0.05) is 13.7 Å². The van der Waals surface area contributed by atoms with Crippen LogP contribution >= 0.6 is 8.25 Å². The van der Waals surface area contributed by atoms with E-state index in [2.05, 4.69) is 4.52 Å². The summed E-state index contributed by atoms with van der Waals surface area (Å²) in [6, 6.07) is 0. The summed E-state index contributed by atoms with van der Waals surface area (Å²) < 4.78 is 19.7. The highest BCUT2D eigenvalue weighted by atomic mass is 31.1. The van der Waals surface area contributed by atoms with Crippen molar-refractivity contribution < 1.29 is 13.6 Å². The van der Waals surface area contributed by atoms with Crippen LogP contribution in [0.15, 0.2) is 0 Å². The third-order valence-electron chi connectivity index (χ3n) is 0.925. The number of hydrogen-bond donors (Lipinski definition) is 0. The smallest absolute Gasteiger partial charge is 0.314 e. The van der Waals surface area contributed by atoms with Crippen molar-refractivity contribution in [1.29, 1.82) is 0 Å². The minimum Gasteiger partial charge on any atom is -0.314 e. The minimum atomic E-state index is -2.20. The van der Waals surface area contributed by atoms with E-state index in [0.29, 0.717) is 6.61 Å². The van der Waals surface area contributed by atoms with E-state index < -0.39 is 8.25 Å². The Labute approximate surface area is 62.1 Å². The fourth-order valence-corrected chi connectivity index (χ4v) is 0.746. The monoisotopic (exact) mass is 167 g/mol. The molecule has 0 aromatic carbocycles. The summed E-state index contributed by atoms with van der Waals surface area (Å²) in [5.74, 6) is 0. The number of rotatable bonds is 5. The maximum atomic E-state index is 10.5. The van der Waals surface area contributed by atoms with Crippen LogP contribution in [0, 0.1) is 0 Å². The molecule has 0 rings (SSSR count). The molecule has 4 nitrogen and oxygen atoms in total. The molecular weight excluding hydrogens is 153 g/mol. The maximum absolute atomic E-state index is 10.5. The lowest BCUT2D eigenvalue weighted by atomic mass is 10.6. The molecule has 0 radical (unpaired) electrons. The molecule has 0 aliphatic carbocycles. The van der Waals surface area contributed by atoms with Crippen LogP contribution in [0.3, 0.4) is 0 Å². The highest BCUT2D eigenvalue weighted by Crippen LogP contribution is 2.20. The first kappa shape index (κ1) is 10.1. The average Bonchev–Trinajstić information content (AvgIpc) is 1.87. The molecule has 0 saturated heterocycles. The summed E-state index contributed by atoms with van der Waals surface area (Å²) in [6.45, 7) is 1.22. The largest absolute Gasteiger partial charge is 0.318 e. The van der Waals surface area contributed by atoms with Crippen LogP contribution in [0.1, 0.15) is 0 Å². The number of hydrogen-bond acceptors (Lipinski definition) is 4. The summed E-state index contributed by atoms with van der Waals surface area (Å²) in [5.41, 5.74) is 0. The van der Waals surface area contributed by atoms with Gasteiger partial charge < -0.3 is 13.9 Å². The molecule has 1 unspecified atom stereocenters. The molecular formula is C5H14NO3P. The van der Waals surface area contributed by atoms with Gasteiger partial charge in [0.15, 0.2) is 0 Å². The van der Waals surface area contributed by atoms with Gasteiger partial charge in [0.2, 0.25) is 0 Å². The molecule has 0 heterocycles. The highest BCUT2D eigenvalue weighted by Gasteiger charge is 1.95.